The second-order valence-electron chi connectivity index (χ2n) is 5.33. The van der Waals surface area contributed by atoms with Crippen LogP contribution in [0.5, 0.6) is 0 Å². The predicted molar refractivity (Wildman–Crippen MR) is 86.3 cm³/mol. The van der Waals surface area contributed by atoms with Gasteiger partial charge in [0.05, 0.1) is 0 Å². The number of benzene rings is 2. The van der Waals surface area contributed by atoms with Crippen molar-refractivity contribution in [1.29, 1.82) is 0 Å². The third kappa shape index (κ3) is 2.62. The number of hydrogen-bond donors (Lipinski definition) is 0. The smallest absolute Gasteiger partial charge is 0.0448 e. The van der Waals surface area contributed by atoms with Crippen LogP contribution in [-0.4, -0.2) is 18.0 Å². The first-order chi connectivity index (χ1) is 9.88. The Kier molecular flexibility index (Phi) is 3.87. The Hall–Kier alpha value is -2.02. The first-order valence-electron chi connectivity index (χ1n) is 7.48. The quantitative estimate of drug-likeness (QED) is 0.790. The molecule has 2 aromatic rings. The van der Waals surface area contributed by atoms with E-state index in [1.54, 1.807) is 0 Å². The summed E-state index contributed by atoms with van der Waals surface area (Å²) >= 11 is 0. The molecule has 0 saturated carbocycles. The SMILES string of the molecule is CCCN1CCc2ccccc2/C1=C/c1ccccc1. The van der Waals surface area contributed by atoms with Crippen LogP contribution in [0.3, 0.4) is 0 Å². The molecule has 0 radical (unpaired) electrons. The van der Waals surface area contributed by atoms with Crippen molar-refractivity contribution in [3.8, 4) is 0 Å². The molecule has 1 heterocycles. The van der Waals surface area contributed by atoms with Crippen molar-refractivity contribution in [2.75, 3.05) is 13.1 Å². The molecule has 0 atom stereocenters. The van der Waals surface area contributed by atoms with Gasteiger partial charge in [-0.3, -0.25) is 0 Å². The van der Waals surface area contributed by atoms with Crippen LogP contribution in [0, 0.1) is 0 Å². The van der Waals surface area contributed by atoms with E-state index in [0.29, 0.717) is 0 Å². The van der Waals surface area contributed by atoms with Gasteiger partial charge in [0.25, 0.3) is 0 Å². The normalized spacial score (nSPS) is 16.2. The van der Waals surface area contributed by atoms with Crippen LogP contribution in [0.1, 0.15) is 30.0 Å². The molecule has 0 aliphatic carbocycles. The molecule has 0 unspecified atom stereocenters. The van der Waals surface area contributed by atoms with E-state index in [4.69, 9.17) is 0 Å². The standard InChI is InChI=1S/C19H21N/c1-2-13-20-14-12-17-10-6-7-11-18(17)19(20)15-16-8-4-3-5-9-16/h3-11,15H,2,12-14H2,1H3/b19-15-. The van der Waals surface area contributed by atoms with E-state index < -0.39 is 0 Å². The lowest BCUT2D eigenvalue weighted by molar-refractivity contribution is 0.391. The van der Waals surface area contributed by atoms with Gasteiger partial charge in [-0.25, -0.2) is 0 Å². The maximum atomic E-state index is 2.52. The van der Waals surface area contributed by atoms with Crippen molar-refractivity contribution in [2.45, 2.75) is 19.8 Å². The third-order valence-electron chi connectivity index (χ3n) is 3.88. The zero-order valence-corrected chi connectivity index (χ0v) is 12.0. The van der Waals surface area contributed by atoms with E-state index in [-0.39, 0.29) is 0 Å². The molecular formula is C19H21N. The molecule has 1 aliphatic rings. The summed E-state index contributed by atoms with van der Waals surface area (Å²) in [5.74, 6) is 0. The van der Waals surface area contributed by atoms with Crippen molar-refractivity contribution in [1.82, 2.24) is 4.90 Å². The lowest BCUT2D eigenvalue weighted by atomic mass is 9.95. The van der Waals surface area contributed by atoms with E-state index in [1.165, 1.54) is 28.8 Å². The van der Waals surface area contributed by atoms with Crippen molar-refractivity contribution in [3.63, 3.8) is 0 Å². The highest BCUT2D eigenvalue weighted by Gasteiger charge is 2.19. The molecular weight excluding hydrogens is 242 g/mol. The Morgan fingerprint density at radius 2 is 1.75 bits per heavy atom. The molecule has 0 N–H and O–H groups in total. The van der Waals surface area contributed by atoms with Gasteiger partial charge in [0, 0.05) is 24.4 Å². The van der Waals surface area contributed by atoms with Gasteiger partial charge in [-0.15, -0.1) is 0 Å². The topological polar surface area (TPSA) is 3.24 Å². The summed E-state index contributed by atoms with van der Waals surface area (Å²) < 4.78 is 0. The zero-order valence-electron chi connectivity index (χ0n) is 12.0. The highest BCUT2D eigenvalue weighted by molar-refractivity contribution is 5.82. The minimum Gasteiger partial charge on any atom is -0.371 e. The summed E-state index contributed by atoms with van der Waals surface area (Å²) in [6.07, 6.45) is 4.67. The van der Waals surface area contributed by atoms with E-state index in [0.717, 1.165) is 19.5 Å². The predicted octanol–water partition coefficient (Wildman–Crippen LogP) is 4.45. The zero-order chi connectivity index (χ0) is 13.8. The van der Waals surface area contributed by atoms with Crippen LogP contribution in [0.25, 0.3) is 11.8 Å². The number of rotatable bonds is 3. The fraction of sp³-hybridized carbons (Fsp3) is 0.263. The second-order valence-corrected chi connectivity index (χ2v) is 5.33. The Bertz CT molecular complexity index is 598. The van der Waals surface area contributed by atoms with Crippen LogP contribution in [0.4, 0.5) is 0 Å². The molecule has 1 nitrogen and oxygen atoms in total. The van der Waals surface area contributed by atoms with E-state index >= 15 is 0 Å². The molecule has 20 heavy (non-hydrogen) atoms. The van der Waals surface area contributed by atoms with Gasteiger partial charge >= 0.3 is 0 Å². The molecule has 1 aliphatic heterocycles. The molecule has 2 aromatic carbocycles. The molecule has 0 saturated heterocycles. The second kappa shape index (κ2) is 5.96. The summed E-state index contributed by atoms with van der Waals surface area (Å²) in [5, 5.41) is 0. The van der Waals surface area contributed by atoms with Gasteiger partial charge in [0.1, 0.15) is 0 Å². The van der Waals surface area contributed by atoms with Crippen LogP contribution >= 0.6 is 0 Å². The first kappa shape index (κ1) is 13.0. The van der Waals surface area contributed by atoms with Gasteiger partial charge in [-0.05, 0) is 30.0 Å². The number of fused-ring (bicyclic) bond motifs is 1. The van der Waals surface area contributed by atoms with E-state index in [1.807, 2.05) is 0 Å². The summed E-state index contributed by atoms with van der Waals surface area (Å²) in [5.41, 5.74) is 5.53. The maximum Gasteiger partial charge on any atom is 0.0448 e. The average molecular weight is 263 g/mol. The van der Waals surface area contributed by atoms with Gasteiger partial charge in [0.15, 0.2) is 0 Å². The van der Waals surface area contributed by atoms with Crippen molar-refractivity contribution in [3.05, 3.63) is 71.3 Å². The largest absolute Gasteiger partial charge is 0.371 e. The molecule has 0 bridgehead atoms. The van der Waals surface area contributed by atoms with Crippen LogP contribution < -0.4 is 0 Å². The summed E-state index contributed by atoms with van der Waals surface area (Å²) in [6, 6.07) is 19.4. The minimum atomic E-state index is 1.13. The fourth-order valence-electron chi connectivity index (χ4n) is 2.91. The Balaban J connectivity index is 2.05. The van der Waals surface area contributed by atoms with Crippen molar-refractivity contribution < 1.29 is 0 Å². The third-order valence-corrected chi connectivity index (χ3v) is 3.88. The average Bonchev–Trinajstić information content (AvgIpc) is 2.51. The highest BCUT2D eigenvalue weighted by Crippen LogP contribution is 2.30. The number of hydrogen-bond acceptors (Lipinski definition) is 1. The molecule has 0 fully saturated rings. The number of nitrogens with zero attached hydrogens (tertiary/aromatic N) is 1. The van der Waals surface area contributed by atoms with Crippen LogP contribution in [-0.2, 0) is 6.42 Å². The Morgan fingerprint density at radius 1 is 1.00 bits per heavy atom. The van der Waals surface area contributed by atoms with Crippen molar-refractivity contribution in [2.24, 2.45) is 0 Å². The lowest BCUT2D eigenvalue weighted by Crippen LogP contribution is -2.30. The lowest BCUT2D eigenvalue weighted by Gasteiger charge is -2.33. The minimum absolute atomic E-state index is 1.13. The molecule has 0 aromatic heterocycles. The maximum absolute atomic E-state index is 2.52. The van der Waals surface area contributed by atoms with Gasteiger partial charge < -0.3 is 4.90 Å². The summed E-state index contributed by atoms with van der Waals surface area (Å²) in [4.78, 5) is 2.52. The molecule has 0 amide bonds. The Labute approximate surface area is 121 Å². The van der Waals surface area contributed by atoms with Crippen LogP contribution in [0.2, 0.25) is 0 Å². The van der Waals surface area contributed by atoms with E-state index in [2.05, 4.69) is 72.5 Å². The van der Waals surface area contributed by atoms with Gasteiger partial charge in [-0.1, -0.05) is 61.5 Å². The highest BCUT2D eigenvalue weighted by atomic mass is 15.1. The first-order valence-corrected chi connectivity index (χ1v) is 7.48. The summed E-state index contributed by atoms with van der Waals surface area (Å²) in [7, 11) is 0. The van der Waals surface area contributed by atoms with Gasteiger partial charge in [-0.2, -0.15) is 0 Å². The molecule has 3 rings (SSSR count). The van der Waals surface area contributed by atoms with Crippen LogP contribution in [0.15, 0.2) is 54.6 Å². The van der Waals surface area contributed by atoms with E-state index in [9.17, 15) is 0 Å². The van der Waals surface area contributed by atoms with Gasteiger partial charge in [0.2, 0.25) is 0 Å². The van der Waals surface area contributed by atoms with Crippen molar-refractivity contribution >= 4 is 11.8 Å². The molecule has 102 valence electrons. The molecule has 1 heteroatoms. The monoisotopic (exact) mass is 263 g/mol. The molecule has 0 spiro atoms. The Morgan fingerprint density at radius 3 is 2.55 bits per heavy atom. The fourth-order valence-corrected chi connectivity index (χ4v) is 2.91. The summed E-state index contributed by atoms with van der Waals surface area (Å²) in [6.45, 7) is 4.51.